The summed E-state index contributed by atoms with van der Waals surface area (Å²) in [7, 11) is 0. The van der Waals surface area contributed by atoms with Crippen LogP contribution in [0.15, 0.2) is 25.3 Å². The van der Waals surface area contributed by atoms with E-state index in [-0.39, 0.29) is 12.8 Å². The average Bonchev–Trinajstić information content (AvgIpc) is 2.01. The Labute approximate surface area is 77.2 Å². The zero-order chi connectivity index (χ0) is 10.7. The molecule has 0 aromatic carbocycles. The maximum atomic E-state index is 9.71. The summed E-state index contributed by atoms with van der Waals surface area (Å²) in [5.41, 5.74) is 0. The Kier molecular flexibility index (Phi) is 11.2. The molecule has 2 N–H and O–H groups in total. The van der Waals surface area contributed by atoms with Crippen molar-refractivity contribution in [2.24, 2.45) is 0 Å². The Morgan fingerprint density at radius 3 is 1.69 bits per heavy atom. The van der Waals surface area contributed by atoms with Crippen LogP contribution < -0.4 is 0 Å². The molecule has 0 bridgehead atoms. The summed E-state index contributed by atoms with van der Waals surface area (Å²) in [6.45, 7) is 6.59. The van der Waals surface area contributed by atoms with E-state index in [1.54, 1.807) is 6.08 Å². The second-order valence-electron chi connectivity index (χ2n) is 2.11. The Bertz CT molecular complexity index is 184. The second kappa shape index (κ2) is 10.4. The fraction of sp³-hybridized carbons (Fsp3) is 0.333. The number of hydrogen-bond acceptors (Lipinski definition) is 2. The standard InChI is InChI=1S/C5H8O2.C4H6O2/c1-2-3-4-5(6)7;1-2-3-4(5)6/h2H,1,3-4H2,(H,6,7);2H,1,3H2,(H,5,6). The van der Waals surface area contributed by atoms with Crippen molar-refractivity contribution in [3.8, 4) is 0 Å². The van der Waals surface area contributed by atoms with Crippen LogP contribution in [0.3, 0.4) is 0 Å². The van der Waals surface area contributed by atoms with Gasteiger partial charge in [-0.3, -0.25) is 9.59 Å². The van der Waals surface area contributed by atoms with Crippen molar-refractivity contribution in [2.75, 3.05) is 0 Å². The lowest BCUT2D eigenvalue weighted by Crippen LogP contribution is -1.90. The van der Waals surface area contributed by atoms with Gasteiger partial charge < -0.3 is 10.2 Å². The van der Waals surface area contributed by atoms with Gasteiger partial charge in [0.2, 0.25) is 0 Å². The summed E-state index contributed by atoms with van der Waals surface area (Å²) in [6, 6.07) is 0. The number of carboxylic acids is 2. The summed E-state index contributed by atoms with van der Waals surface area (Å²) in [5.74, 6) is -1.59. The van der Waals surface area contributed by atoms with Crippen LogP contribution in [-0.4, -0.2) is 22.2 Å². The van der Waals surface area contributed by atoms with Gasteiger partial charge in [-0.25, -0.2) is 0 Å². The van der Waals surface area contributed by atoms with E-state index in [2.05, 4.69) is 13.2 Å². The molecule has 0 atom stereocenters. The van der Waals surface area contributed by atoms with E-state index >= 15 is 0 Å². The number of carbonyl (C=O) groups is 2. The smallest absolute Gasteiger partial charge is 0.307 e. The van der Waals surface area contributed by atoms with Crippen molar-refractivity contribution in [1.82, 2.24) is 0 Å². The van der Waals surface area contributed by atoms with Crippen LogP contribution in [-0.2, 0) is 9.59 Å². The Balaban J connectivity index is 0. The van der Waals surface area contributed by atoms with Gasteiger partial charge in [-0.15, -0.1) is 13.2 Å². The van der Waals surface area contributed by atoms with Crippen molar-refractivity contribution in [3.05, 3.63) is 25.3 Å². The molecule has 4 nitrogen and oxygen atoms in total. The van der Waals surface area contributed by atoms with Crippen molar-refractivity contribution in [1.29, 1.82) is 0 Å². The Hall–Kier alpha value is -1.58. The van der Waals surface area contributed by atoms with Gasteiger partial charge in [-0.1, -0.05) is 12.2 Å². The lowest BCUT2D eigenvalue weighted by atomic mass is 10.3. The third kappa shape index (κ3) is 25.1. The molecule has 13 heavy (non-hydrogen) atoms. The summed E-state index contributed by atoms with van der Waals surface area (Å²) in [5, 5.41) is 15.8. The van der Waals surface area contributed by atoms with Gasteiger partial charge in [0.15, 0.2) is 0 Å². The minimum absolute atomic E-state index is 0.0556. The first kappa shape index (κ1) is 14.0. The SMILES string of the molecule is C=CCC(=O)O.C=CCCC(=O)O. The van der Waals surface area contributed by atoms with Crippen molar-refractivity contribution in [2.45, 2.75) is 19.3 Å². The fourth-order valence-corrected chi connectivity index (χ4v) is 0.349. The van der Waals surface area contributed by atoms with E-state index in [9.17, 15) is 9.59 Å². The van der Waals surface area contributed by atoms with Crippen molar-refractivity contribution in [3.63, 3.8) is 0 Å². The number of carboxylic acid groups (broad SMARTS) is 2. The molecule has 0 saturated carbocycles. The first-order valence-corrected chi connectivity index (χ1v) is 3.70. The molecular formula is C9H14O4. The van der Waals surface area contributed by atoms with Gasteiger partial charge >= 0.3 is 11.9 Å². The van der Waals surface area contributed by atoms with Crippen LogP contribution in [0.1, 0.15) is 19.3 Å². The molecule has 0 aromatic rings. The quantitative estimate of drug-likeness (QED) is 0.640. The third-order valence-electron chi connectivity index (χ3n) is 0.881. The Morgan fingerprint density at radius 2 is 1.62 bits per heavy atom. The highest BCUT2D eigenvalue weighted by Gasteiger charge is 1.89. The Morgan fingerprint density at radius 1 is 1.08 bits per heavy atom. The van der Waals surface area contributed by atoms with Gasteiger partial charge in [0.05, 0.1) is 6.42 Å². The van der Waals surface area contributed by atoms with E-state index in [1.807, 2.05) is 0 Å². The topological polar surface area (TPSA) is 74.6 Å². The van der Waals surface area contributed by atoms with Gasteiger partial charge in [0, 0.05) is 6.42 Å². The monoisotopic (exact) mass is 186 g/mol. The molecule has 74 valence electrons. The van der Waals surface area contributed by atoms with Crippen molar-refractivity contribution < 1.29 is 19.8 Å². The van der Waals surface area contributed by atoms with E-state index in [4.69, 9.17) is 10.2 Å². The fourth-order valence-electron chi connectivity index (χ4n) is 0.349. The highest BCUT2D eigenvalue weighted by molar-refractivity contribution is 5.68. The van der Waals surface area contributed by atoms with Crippen LogP contribution in [0.2, 0.25) is 0 Å². The van der Waals surface area contributed by atoms with Gasteiger partial charge in [-0.2, -0.15) is 0 Å². The summed E-state index contributed by atoms with van der Waals surface area (Å²) in [6.07, 6.45) is 3.76. The normalized spacial score (nSPS) is 7.69. The molecule has 0 fully saturated rings. The van der Waals surface area contributed by atoms with Gasteiger partial charge in [-0.05, 0) is 6.42 Å². The maximum absolute atomic E-state index is 9.71. The van der Waals surface area contributed by atoms with E-state index in [0.717, 1.165) is 0 Å². The lowest BCUT2D eigenvalue weighted by Gasteiger charge is -1.82. The van der Waals surface area contributed by atoms with E-state index in [1.165, 1.54) is 6.08 Å². The third-order valence-corrected chi connectivity index (χ3v) is 0.881. The highest BCUT2D eigenvalue weighted by Crippen LogP contribution is 1.86. The zero-order valence-corrected chi connectivity index (χ0v) is 7.40. The molecule has 0 unspecified atom stereocenters. The van der Waals surface area contributed by atoms with E-state index in [0.29, 0.717) is 6.42 Å². The highest BCUT2D eigenvalue weighted by atomic mass is 16.4. The number of hydrogen-bond donors (Lipinski definition) is 2. The summed E-state index contributed by atoms with van der Waals surface area (Å²) < 4.78 is 0. The molecule has 0 amide bonds. The summed E-state index contributed by atoms with van der Waals surface area (Å²) in [4.78, 5) is 19.2. The zero-order valence-electron chi connectivity index (χ0n) is 7.40. The number of rotatable bonds is 5. The number of allylic oxidation sites excluding steroid dienone is 1. The van der Waals surface area contributed by atoms with Crippen LogP contribution in [0.25, 0.3) is 0 Å². The first-order valence-electron chi connectivity index (χ1n) is 3.70. The molecule has 0 spiro atoms. The predicted octanol–water partition coefficient (Wildman–Crippen LogP) is 1.68. The predicted molar refractivity (Wildman–Crippen MR) is 49.5 cm³/mol. The number of aliphatic carboxylic acids is 2. The lowest BCUT2D eigenvalue weighted by molar-refractivity contribution is -0.137. The molecule has 0 saturated heterocycles. The minimum atomic E-state index is -0.829. The van der Waals surface area contributed by atoms with Crippen LogP contribution in [0.5, 0.6) is 0 Å². The maximum Gasteiger partial charge on any atom is 0.307 e. The van der Waals surface area contributed by atoms with Gasteiger partial charge in [0.1, 0.15) is 0 Å². The molecule has 0 heterocycles. The van der Waals surface area contributed by atoms with Crippen LogP contribution >= 0.6 is 0 Å². The van der Waals surface area contributed by atoms with Gasteiger partial charge in [0.25, 0.3) is 0 Å². The minimum Gasteiger partial charge on any atom is -0.481 e. The first-order chi connectivity index (χ1) is 6.04. The average molecular weight is 186 g/mol. The molecule has 0 rings (SSSR count). The molecule has 0 aromatic heterocycles. The molecule has 0 aliphatic carbocycles. The molecule has 0 radical (unpaired) electrons. The van der Waals surface area contributed by atoms with Crippen LogP contribution in [0.4, 0.5) is 0 Å². The molecule has 4 heteroatoms. The molecular weight excluding hydrogens is 172 g/mol. The second-order valence-corrected chi connectivity index (χ2v) is 2.11. The molecule has 0 aliphatic heterocycles. The largest absolute Gasteiger partial charge is 0.481 e. The summed E-state index contributed by atoms with van der Waals surface area (Å²) >= 11 is 0. The van der Waals surface area contributed by atoms with E-state index < -0.39 is 11.9 Å². The molecule has 0 aliphatic rings. The van der Waals surface area contributed by atoms with Crippen LogP contribution in [0, 0.1) is 0 Å². The van der Waals surface area contributed by atoms with Crippen molar-refractivity contribution >= 4 is 11.9 Å².